The van der Waals surface area contributed by atoms with E-state index in [2.05, 4.69) is 10.1 Å². The third-order valence-electron chi connectivity index (χ3n) is 3.84. The second kappa shape index (κ2) is 6.68. The van der Waals surface area contributed by atoms with Crippen LogP contribution in [0.2, 0.25) is 0 Å². The molecule has 1 aromatic rings. The van der Waals surface area contributed by atoms with Gasteiger partial charge in [-0.05, 0) is 36.5 Å². The van der Waals surface area contributed by atoms with Crippen molar-refractivity contribution in [2.75, 3.05) is 13.7 Å². The summed E-state index contributed by atoms with van der Waals surface area (Å²) in [5, 5.41) is 12.8. The van der Waals surface area contributed by atoms with E-state index in [1.54, 1.807) is 12.1 Å². The number of carbonyl (C=O) groups excluding carboxylic acids is 1. The summed E-state index contributed by atoms with van der Waals surface area (Å²) in [5.41, 5.74) is 1.71. The number of ether oxygens (including phenoxy) is 1. The smallest absolute Gasteiger partial charge is 0.337 e. The largest absolute Gasteiger partial charge is 0.465 e. The van der Waals surface area contributed by atoms with Crippen molar-refractivity contribution in [3.8, 4) is 0 Å². The molecule has 104 valence electrons. The zero-order chi connectivity index (χ0) is 13.7. The quantitative estimate of drug-likeness (QED) is 0.794. The summed E-state index contributed by atoms with van der Waals surface area (Å²) in [6, 6.07) is 7.83. The number of aliphatic hydroxyl groups excluding tert-OH is 1. The molecule has 1 saturated carbocycles. The molecule has 2 rings (SSSR count). The van der Waals surface area contributed by atoms with Crippen LogP contribution in [0.3, 0.4) is 0 Å². The molecule has 1 aliphatic rings. The van der Waals surface area contributed by atoms with E-state index in [9.17, 15) is 9.90 Å². The van der Waals surface area contributed by atoms with Crippen LogP contribution in [-0.4, -0.2) is 30.8 Å². The van der Waals surface area contributed by atoms with Crippen molar-refractivity contribution in [2.24, 2.45) is 5.92 Å². The van der Waals surface area contributed by atoms with Crippen LogP contribution in [-0.2, 0) is 11.3 Å². The summed E-state index contributed by atoms with van der Waals surface area (Å²) in [5.74, 6) is 0.0741. The van der Waals surface area contributed by atoms with Crippen LogP contribution in [0.15, 0.2) is 24.3 Å². The topological polar surface area (TPSA) is 58.6 Å². The minimum Gasteiger partial charge on any atom is -0.465 e. The van der Waals surface area contributed by atoms with Gasteiger partial charge < -0.3 is 15.2 Å². The molecule has 1 fully saturated rings. The zero-order valence-corrected chi connectivity index (χ0v) is 11.3. The fourth-order valence-corrected chi connectivity index (χ4v) is 2.65. The van der Waals surface area contributed by atoms with Gasteiger partial charge >= 0.3 is 5.97 Å². The molecule has 0 heterocycles. The summed E-state index contributed by atoms with van der Waals surface area (Å²) in [4.78, 5) is 11.3. The fourth-order valence-electron chi connectivity index (χ4n) is 2.65. The number of nitrogens with one attached hydrogen (secondary N) is 1. The average molecular weight is 263 g/mol. The molecule has 1 aromatic carbocycles. The Bertz CT molecular complexity index is 416. The highest BCUT2D eigenvalue weighted by Gasteiger charge is 2.25. The van der Waals surface area contributed by atoms with Crippen LogP contribution >= 0.6 is 0 Å². The van der Waals surface area contributed by atoms with E-state index in [1.807, 2.05) is 12.1 Å². The molecular formula is C15H21NO3. The predicted octanol–water partition coefficient (Wildman–Crippen LogP) is 1.72. The average Bonchev–Trinajstić information content (AvgIpc) is 2.92. The Hall–Kier alpha value is -1.39. The summed E-state index contributed by atoms with van der Waals surface area (Å²) in [7, 11) is 1.38. The van der Waals surface area contributed by atoms with E-state index in [4.69, 9.17) is 0 Å². The van der Waals surface area contributed by atoms with Gasteiger partial charge in [0.1, 0.15) is 0 Å². The van der Waals surface area contributed by atoms with E-state index in [0.29, 0.717) is 17.5 Å². The lowest BCUT2D eigenvalue weighted by Crippen LogP contribution is -2.33. The van der Waals surface area contributed by atoms with Crippen molar-refractivity contribution in [2.45, 2.75) is 31.8 Å². The second-order valence-corrected chi connectivity index (χ2v) is 5.05. The Balaban J connectivity index is 1.88. The third-order valence-corrected chi connectivity index (χ3v) is 3.84. The highest BCUT2D eigenvalue weighted by Crippen LogP contribution is 2.25. The van der Waals surface area contributed by atoms with Gasteiger partial charge in [-0.15, -0.1) is 0 Å². The molecule has 19 heavy (non-hydrogen) atoms. The number of hydrogen-bond donors (Lipinski definition) is 2. The van der Waals surface area contributed by atoms with Crippen molar-refractivity contribution in [1.29, 1.82) is 0 Å². The van der Waals surface area contributed by atoms with Crippen LogP contribution in [0.25, 0.3) is 0 Å². The number of methoxy groups -OCH3 is 1. The fraction of sp³-hybridized carbons (Fsp3) is 0.533. The lowest BCUT2D eigenvalue weighted by atomic mass is 10.0. The Morgan fingerprint density at radius 2 is 2.11 bits per heavy atom. The number of hydrogen-bond acceptors (Lipinski definition) is 4. The minimum absolute atomic E-state index is 0.263. The summed E-state index contributed by atoms with van der Waals surface area (Å²) in [6.07, 6.45) is 3.42. The van der Waals surface area contributed by atoms with E-state index < -0.39 is 0 Å². The first-order chi connectivity index (χ1) is 9.24. The molecular weight excluding hydrogens is 242 g/mol. The van der Waals surface area contributed by atoms with Gasteiger partial charge in [0.15, 0.2) is 0 Å². The molecule has 0 aliphatic heterocycles. The molecule has 2 atom stereocenters. The second-order valence-electron chi connectivity index (χ2n) is 5.05. The summed E-state index contributed by atoms with van der Waals surface area (Å²) < 4.78 is 4.66. The zero-order valence-electron chi connectivity index (χ0n) is 11.3. The van der Waals surface area contributed by atoms with E-state index in [-0.39, 0.29) is 12.6 Å². The molecule has 2 unspecified atom stereocenters. The van der Waals surface area contributed by atoms with Crippen LogP contribution in [0, 0.1) is 5.92 Å². The monoisotopic (exact) mass is 263 g/mol. The Kier molecular flexibility index (Phi) is 4.93. The highest BCUT2D eigenvalue weighted by molar-refractivity contribution is 5.89. The molecule has 0 aromatic heterocycles. The molecule has 0 spiro atoms. The van der Waals surface area contributed by atoms with Crippen molar-refractivity contribution >= 4 is 5.97 Å². The maximum Gasteiger partial charge on any atom is 0.337 e. The molecule has 4 heteroatoms. The van der Waals surface area contributed by atoms with Gasteiger partial charge in [-0.3, -0.25) is 0 Å². The summed E-state index contributed by atoms with van der Waals surface area (Å²) >= 11 is 0. The molecule has 0 saturated heterocycles. The third kappa shape index (κ3) is 3.55. The van der Waals surface area contributed by atoms with E-state index in [1.165, 1.54) is 13.5 Å². The first-order valence-corrected chi connectivity index (χ1v) is 6.76. The summed E-state index contributed by atoms with van der Waals surface area (Å²) in [6.45, 7) is 1.03. The lowest BCUT2D eigenvalue weighted by molar-refractivity contribution is 0.0600. The van der Waals surface area contributed by atoms with Gasteiger partial charge in [-0.25, -0.2) is 4.79 Å². The van der Waals surface area contributed by atoms with Crippen molar-refractivity contribution in [3.63, 3.8) is 0 Å². The number of rotatable bonds is 5. The number of benzene rings is 1. The van der Waals surface area contributed by atoms with E-state index >= 15 is 0 Å². The maximum absolute atomic E-state index is 11.3. The van der Waals surface area contributed by atoms with Crippen LogP contribution in [0.4, 0.5) is 0 Å². The van der Waals surface area contributed by atoms with Gasteiger partial charge in [-0.1, -0.05) is 18.6 Å². The first kappa shape index (κ1) is 14.0. The van der Waals surface area contributed by atoms with Gasteiger partial charge in [0.25, 0.3) is 0 Å². The Labute approximate surface area is 113 Å². The Morgan fingerprint density at radius 1 is 1.37 bits per heavy atom. The van der Waals surface area contributed by atoms with Gasteiger partial charge in [-0.2, -0.15) is 0 Å². The minimum atomic E-state index is -0.310. The van der Waals surface area contributed by atoms with Gasteiger partial charge in [0, 0.05) is 19.2 Å². The van der Waals surface area contributed by atoms with Crippen molar-refractivity contribution < 1.29 is 14.6 Å². The predicted molar refractivity (Wildman–Crippen MR) is 72.8 cm³/mol. The molecule has 0 bridgehead atoms. The molecule has 4 nitrogen and oxygen atoms in total. The van der Waals surface area contributed by atoms with Crippen LogP contribution in [0.1, 0.15) is 35.2 Å². The standard InChI is InChI=1S/C15H21NO3/c1-19-15(18)12-7-5-11(6-8-12)9-16-14-4-2-3-13(14)10-17/h5-8,13-14,16-17H,2-4,9-10H2,1H3. The SMILES string of the molecule is COC(=O)c1ccc(CNC2CCCC2CO)cc1. The first-order valence-electron chi connectivity index (χ1n) is 6.76. The van der Waals surface area contributed by atoms with Gasteiger partial charge in [0.05, 0.1) is 12.7 Å². The number of carbonyl (C=O) groups is 1. The van der Waals surface area contributed by atoms with E-state index in [0.717, 1.165) is 24.9 Å². The van der Waals surface area contributed by atoms with Gasteiger partial charge in [0.2, 0.25) is 0 Å². The molecule has 2 N–H and O–H groups in total. The van der Waals surface area contributed by atoms with Crippen molar-refractivity contribution in [1.82, 2.24) is 5.32 Å². The molecule has 1 aliphatic carbocycles. The normalized spacial score (nSPS) is 22.4. The number of aliphatic hydroxyl groups is 1. The lowest BCUT2D eigenvalue weighted by Gasteiger charge is -2.19. The number of esters is 1. The maximum atomic E-state index is 11.3. The molecule has 0 amide bonds. The van der Waals surface area contributed by atoms with Crippen LogP contribution in [0.5, 0.6) is 0 Å². The highest BCUT2D eigenvalue weighted by atomic mass is 16.5. The van der Waals surface area contributed by atoms with Crippen molar-refractivity contribution in [3.05, 3.63) is 35.4 Å². The molecule has 0 radical (unpaired) electrons. The van der Waals surface area contributed by atoms with Crippen LogP contribution < -0.4 is 5.32 Å². The Morgan fingerprint density at radius 3 is 2.74 bits per heavy atom.